The number of nitrogens with zero attached hydrogens (tertiary/aromatic N) is 1. The molecule has 0 saturated carbocycles. The lowest BCUT2D eigenvalue weighted by Gasteiger charge is -2.03. The Labute approximate surface area is 94.7 Å². The molecule has 82 valence electrons. The minimum absolute atomic E-state index is 0.226. The first kappa shape index (κ1) is 10.8. The second-order valence-electron chi connectivity index (χ2n) is 3.45. The molecule has 1 aromatic heterocycles. The van der Waals surface area contributed by atoms with Crippen LogP contribution in [0.5, 0.6) is 0 Å². The predicted octanol–water partition coefficient (Wildman–Crippen LogP) is 2.22. The summed E-state index contributed by atoms with van der Waals surface area (Å²) in [5.41, 5.74) is 0.798. The molecule has 2 aromatic rings. The van der Waals surface area contributed by atoms with Gasteiger partial charge in [-0.2, -0.15) is 0 Å². The second kappa shape index (κ2) is 4.06. The van der Waals surface area contributed by atoms with E-state index in [1.165, 1.54) is 6.20 Å². The number of pyridine rings is 1. The molecule has 0 bridgehead atoms. The topological polar surface area (TPSA) is 47.0 Å². The fraction of sp³-hybridized carbons (Fsp3) is 0.0833. The van der Waals surface area contributed by atoms with Gasteiger partial charge in [0.1, 0.15) is 0 Å². The van der Waals surface area contributed by atoms with Crippen LogP contribution in [0.3, 0.4) is 0 Å². The van der Waals surface area contributed by atoms with Crippen LogP contribution in [0.1, 0.15) is 5.69 Å². The van der Waals surface area contributed by atoms with Crippen molar-refractivity contribution in [1.29, 1.82) is 0 Å². The highest BCUT2D eigenvalue weighted by Gasteiger charge is 2.16. The summed E-state index contributed by atoms with van der Waals surface area (Å²) in [5, 5.41) is 0. The molecule has 0 aliphatic carbocycles. The van der Waals surface area contributed by atoms with Gasteiger partial charge in [0.05, 0.1) is 9.79 Å². The second-order valence-corrected chi connectivity index (χ2v) is 5.40. The fourth-order valence-corrected chi connectivity index (χ4v) is 2.58. The normalized spacial score (nSPS) is 11.3. The summed E-state index contributed by atoms with van der Waals surface area (Å²) < 4.78 is 24.2. The van der Waals surface area contributed by atoms with Gasteiger partial charge >= 0.3 is 0 Å². The van der Waals surface area contributed by atoms with Crippen LogP contribution in [-0.4, -0.2) is 13.4 Å². The van der Waals surface area contributed by atoms with Crippen molar-refractivity contribution in [3.8, 4) is 0 Å². The molecule has 0 spiro atoms. The van der Waals surface area contributed by atoms with Crippen molar-refractivity contribution >= 4 is 9.84 Å². The summed E-state index contributed by atoms with van der Waals surface area (Å²) in [7, 11) is -3.42. The molecule has 0 saturated heterocycles. The lowest BCUT2D eigenvalue weighted by atomic mass is 10.4. The molecule has 0 unspecified atom stereocenters. The first-order chi connectivity index (χ1) is 7.60. The third-order valence-electron chi connectivity index (χ3n) is 2.25. The molecule has 3 nitrogen and oxygen atoms in total. The van der Waals surface area contributed by atoms with E-state index in [0.717, 1.165) is 5.69 Å². The van der Waals surface area contributed by atoms with Crippen LogP contribution >= 0.6 is 0 Å². The predicted molar refractivity (Wildman–Crippen MR) is 60.9 cm³/mol. The zero-order chi connectivity index (χ0) is 11.6. The van der Waals surface area contributed by atoms with Crippen molar-refractivity contribution < 1.29 is 8.42 Å². The van der Waals surface area contributed by atoms with Gasteiger partial charge in [-0.25, -0.2) is 8.42 Å². The molecule has 0 N–H and O–H groups in total. The zero-order valence-corrected chi connectivity index (χ0v) is 9.61. The van der Waals surface area contributed by atoms with E-state index < -0.39 is 9.84 Å². The lowest BCUT2D eigenvalue weighted by molar-refractivity contribution is 0.595. The van der Waals surface area contributed by atoms with Gasteiger partial charge in [0.15, 0.2) is 0 Å². The van der Waals surface area contributed by atoms with E-state index in [1.807, 2.05) is 6.92 Å². The quantitative estimate of drug-likeness (QED) is 0.799. The standard InChI is InChI=1S/C12H11NO2S/c1-10-7-8-12(9-13-10)16(14,15)11-5-3-2-4-6-11/h2-9H,1H3. The van der Waals surface area contributed by atoms with E-state index in [-0.39, 0.29) is 4.90 Å². The van der Waals surface area contributed by atoms with Crippen LogP contribution in [0, 0.1) is 6.92 Å². The maximum absolute atomic E-state index is 12.1. The molecule has 16 heavy (non-hydrogen) atoms. The number of rotatable bonds is 2. The number of hydrogen-bond acceptors (Lipinski definition) is 3. The van der Waals surface area contributed by atoms with E-state index >= 15 is 0 Å². The summed E-state index contributed by atoms with van der Waals surface area (Å²) in [4.78, 5) is 4.51. The molecule has 0 fully saturated rings. The number of benzene rings is 1. The molecule has 0 radical (unpaired) electrons. The van der Waals surface area contributed by atoms with Crippen LogP contribution in [0.2, 0.25) is 0 Å². The van der Waals surface area contributed by atoms with E-state index in [0.29, 0.717) is 4.90 Å². The molecule has 2 rings (SSSR count). The number of aromatic nitrogens is 1. The van der Waals surface area contributed by atoms with Crippen molar-refractivity contribution in [2.75, 3.05) is 0 Å². The summed E-state index contributed by atoms with van der Waals surface area (Å²) in [6.07, 6.45) is 1.39. The zero-order valence-electron chi connectivity index (χ0n) is 8.79. The van der Waals surface area contributed by atoms with E-state index in [2.05, 4.69) is 4.98 Å². The Bertz CT molecular complexity index is 574. The molecular formula is C12H11NO2S. The molecule has 1 aromatic carbocycles. The summed E-state index contributed by atoms with van der Waals surface area (Å²) in [5.74, 6) is 0. The van der Waals surface area contributed by atoms with Gasteiger partial charge in [-0.05, 0) is 31.2 Å². The SMILES string of the molecule is Cc1ccc(S(=O)(=O)c2ccccc2)cn1. The van der Waals surface area contributed by atoms with E-state index in [4.69, 9.17) is 0 Å². The monoisotopic (exact) mass is 233 g/mol. The Morgan fingerprint density at radius 2 is 1.62 bits per heavy atom. The van der Waals surface area contributed by atoms with Gasteiger partial charge in [-0.3, -0.25) is 4.98 Å². The molecular weight excluding hydrogens is 222 g/mol. The molecule has 4 heteroatoms. The Morgan fingerprint density at radius 1 is 0.938 bits per heavy atom. The van der Waals surface area contributed by atoms with Crippen molar-refractivity contribution in [1.82, 2.24) is 4.98 Å². The average Bonchev–Trinajstić information content (AvgIpc) is 2.31. The van der Waals surface area contributed by atoms with Gasteiger partial charge in [-0.15, -0.1) is 0 Å². The minimum atomic E-state index is -3.42. The Hall–Kier alpha value is -1.68. The highest BCUT2D eigenvalue weighted by molar-refractivity contribution is 7.91. The van der Waals surface area contributed by atoms with Crippen LogP contribution in [0.4, 0.5) is 0 Å². The smallest absolute Gasteiger partial charge is 0.208 e. The van der Waals surface area contributed by atoms with Gasteiger partial charge < -0.3 is 0 Å². The average molecular weight is 233 g/mol. The summed E-state index contributed by atoms with van der Waals surface area (Å²) in [6.45, 7) is 1.82. The van der Waals surface area contributed by atoms with Gasteiger partial charge in [0.2, 0.25) is 9.84 Å². The first-order valence-electron chi connectivity index (χ1n) is 4.83. The fourth-order valence-electron chi connectivity index (χ4n) is 1.35. The third kappa shape index (κ3) is 1.97. The summed E-state index contributed by atoms with van der Waals surface area (Å²) in [6, 6.07) is 11.6. The minimum Gasteiger partial charge on any atom is -0.260 e. The molecule has 0 aliphatic heterocycles. The lowest BCUT2D eigenvalue weighted by Crippen LogP contribution is -2.02. The van der Waals surface area contributed by atoms with Gasteiger partial charge in [0.25, 0.3) is 0 Å². The van der Waals surface area contributed by atoms with Crippen molar-refractivity contribution in [2.24, 2.45) is 0 Å². The Morgan fingerprint density at radius 3 is 2.19 bits per heavy atom. The van der Waals surface area contributed by atoms with Crippen LogP contribution < -0.4 is 0 Å². The van der Waals surface area contributed by atoms with E-state index in [1.54, 1.807) is 42.5 Å². The van der Waals surface area contributed by atoms with Crippen LogP contribution in [0.15, 0.2) is 58.5 Å². The number of aryl methyl sites for hydroxylation is 1. The van der Waals surface area contributed by atoms with Gasteiger partial charge in [0, 0.05) is 11.9 Å². The molecule has 0 aliphatic rings. The first-order valence-corrected chi connectivity index (χ1v) is 6.32. The van der Waals surface area contributed by atoms with Crippen LogP contribution in [-0.2, 0) is 9.84 Å². The Balaban J connectivity index is 2.52. The molecule has 0 atom stereocenters. The third-order valence-corrected chi connectivity index (χ3v) is 4.00. The van der Waals surface area contributed by atoms with E-state index in [9.17, 15) is 8.42 Å². The number of hydrogen-bond donors (Lipinski definition) is 0. The van der Waals surface area contributed by atoms with Crippen molar-refractivity contribution in [3.63, 3.8) is 0 Å². The van der Waals surface area contributed by atoms with Gasteiger partial charge in [-0.1, -0.05) is 18.2 Å². The Kier molecular flexibility index (Phi) is 2.75. The highest BCUT2D eigenvalue weighted by atomic mass is 32.2. The highest BCUT2D eigenvalue weighted by Crippen LogP contribution is 2.19. The maximum atomic E-state index is 12.1. The largest absolute Gasteiger partial charge is 0.260 e. The van der Waals surface area contributed by atoms with Crippen molar-refractivity contribution in [3.05, 3.63) is 54.4 Å². The molecule has 0 amide bonds. The number of sulfone groups is 1. The van der Waals surface area contributed by atoms with Crippen LogP contribution in [0.25, 0.3) is 0 Å². The maximum Gasteiger partial charge on any atom is 0.208 e. The molecule has 1 heterocycles. The van der Waals surface area contributed by atoms with Crippen molar-refractivity contribution in [2.45, 2.75) is 16.7 Å². The summed E-state index contributed by atoms with van der Waals surface area (Å²) >= 11 is 0.